The largest absolute Gasteiger partial charge is 0.511 e. The van der Waals surface area contributed by atoms with E-state index in [9.17, 15) is 27.9 Å². The predicted octanol–water partition coefficient (Wildman–Crippen LogP) is 2.34. The van der Waals surface area contributed by atoms with Crippen molar-refractivity contribution in [2.45, 2.75) is 25.1 Å². The Morgan fingerprint density at radius 2 is 1.96 bits per heavy atom. The molecule has 124 valence electrons. The topological polar surface area (TPSA) is 75.6 Å². The van der Waals surface area contributed by atoms with Gasteiger partial charge in [0.25, 0.3) is 5.91 Å². The summed E-state index contributed by atoms with van der Waals surface area (Å²) in [6, 6.07) is 6.68. The number of alkyl halides is 3. The van der Waals surface area contributed by atoms with Gasteiger partial charge in [0.05, 0.1) is 6.61 Å². The standard InChI is InChI=1S/C15H14F3NO4/c1-2-23-13(22)11-10(20)8-14(15(16,17)18,19-12(11)21)9-6-4-3-5-7-9/h3-7,20H,2,8H2,1H3,(H,19,21). The summed E-state index contributed by atoms with van der Waals surface area (Å²) < 4.78 is 45.5. The maximum atomic E-state index is 13.6. The number of ether oxygens (including phenoxy) is 1. The number of carbonyl (C=O) groups excluding carboxylic acids is 2. The molecule has 0 saturated carbocycles. The summed E-state index contributed by atoms with van der Waals surface area (Å²) in [7, 11) is 0. The van der Waals surface area contributed by atoms with Crippen LogP contribution in [0.2, 0.25) is 0 Å². The van der Waals surface area contributed by atoms with Crippen LogP contribution in [0.3, 0.4) is 0 Å². The number of esters is 1. The van der Waals surface area contributed by atoms with Crippen molar-refractivity contribution in [3.63, 3.8) is 0 Å². The molecule has 0 aliphatic carbocycles. The van der Waals surface area contributed by atoms with Gasteiger partial charge in [0, 0.05) is 6.42 Å². The third kappa shape index (κ3) is 2.88. The molecule has 1 aromatic carbocycles. The zero-order valence-electron chi connectivity index (χ0n) is 12.1. The average molecular weight is 329 g/mol. The van der Waals surface area contributed by atoms with Crippen LogP contribution in [0.15, 0.2) is 41.7 Å². The zero-order chi connectivity index (χ0) is 17.3. The number of amides is 1. The van der Waals surface area contributed by atoms with Gasteiger partial charge in [0.15, 0.2) is 11.1 Å². The molecule has 1 aromatic rings. The first-order valence-corrected chi connectivity index (χ1v) is 6.77. The molecule has 5 nitrogen and oxygen atoms in total. The van der Waals surface area contributed by atoms with E-state index in [1.54, 1.807) is 0 Å². The maximum Gasteiger partial charge on any atom is 0.416 e. The molecule has 1 atom stereocenters. The summed E-state index contributed by atoms with van der Waals surface area (Å²) in [6.07, 6.45) is -5.86. The first kappa shape index (κ1) is 16.9. The Morgan fingerprint density at radius 3 is 2.43 bits per heavy atom. The molecular formula is C15H14F3NO4. The Morgan fingerprint density at radius 1 is 1.35 bits per heavy atom. The van der Waals surface area contributed by atoms with Gasteiger partial charge in [-0.1, -0.05) is 30.3 Å². The van der Waals surface area contributed by atoms with E-state index in [1.807, 2.05) is 5.32 Å². The number of nitrogens with one attached hydrogen (secondary N) is 1. The number of carbonyl (C=O) groups is 2. The average Bonchev–Trinajstić information content (AvgIpc) is 2.46. The molecule has 1 unspecified atom stereocenters. The third-order valence-corrected chi connectivity index (χ3v) is 3.51. The first-order valence-electron chi connectivity index (χ1n) is 6.77. The van der Waals surface area contributed by atoms with Crippen LogP contribution in [0.1, 0.15) is 18.9 Å². The van der Waals surface area contributed by atoms with Crippen molar-refractivity contribution in [3.8, 4) is 0 Å². The fourth-order valence-electron chi connectivity index (χ4n) is 2.42. The molecule has 0 radical (unpaired) electrons. The van der Waals surface area contributed by atoms with Gasteiger partial charge in [-0.05, 0) is 12.5 Å². The van der Waals surface area contributed by atoms with Crippen molar-refractivity contribution in [3.05, 3.63) is 47.2 Å². The van der Waals surface area contributed by atoms with Crippen molar-refractivity contribution >= 4 is 11.9 Å². The second kappa shape index (κ2) is 5.94. The molecule has 0 spiro atoms. The number of hydrogen-bond donors (Lipinski definition) is 2. The van der Waals surface area contributed by atoms with E-state index in [-0.39, 0.29) is 12.2 Å². The lowest BCUT2D eigenvalue weighted by atomic mass is 9.81. The summed E-state index contributed by atoms with van der Waals surface area (Å²) in [5.41, 5.74) is -3.84. The Labute approximate surface area is 129 Å². The lowest BCUT2D eigenvalue weighted by Gasteiger charge is -2.39. The molecule has 2 rings (SSSR count). The first-order chi connectivity index (χ1) is 10.7. The van der Waals surface area contributed by atoms with E-state index in [1.165, 1.54) is 37.3 Å². The fraction of sp³-hybridized carbons (Fsp3) is 0.333. The van der Waals surface area contributed by atoms with Crippen molar-refractivity contribution < 1.29 is 32.6 Å². The predicted molar refractivity (Wildman–Crippen MR) is 73.2 cm³/mol. The fourth-order valence-corrected chi connectivity index (χ4v) is 2.42. The SMILES string of the molecule is CCOC(=O)C1=C(O)CC(c2ccccc2)(C(F)(F)F)NC1=O. The van der Waals surface area contributed by atoms with Crippen molar-refractivity contribution in [2.75, 3.05) is 6.61 Å². The highest BCUT2D eigenvalue weighted by molar-refractivity contribution is 6.17. The van der Waals surface area contributed by atoms with Crippen LogP contribution in [0.25, 0.3) is 0 Å². The van der Waals surface area contributed by atoms with Gasteiger partial charge in [-0.2, -0.15) is 13.2 Å². The van der Waals surface area contributed by atoms with Crippen molar-refractivity contribution in [1.82, 2.24) is 5.32 Å². The van der Waals surface area contributed by atoms with E-state index in [4.69, 9.17) is 0 Å². The summed E-state index contributed by atoms with van der Waals surface area (Å²) in [4.78, 5) is 23.7. The number of rotatable bonds is 3. The number of benzene rings is 1. The smallest absolute Gasteiger partial charge is 0.416 e. The molecule has 1 aliphatic heterocycles. The van der Waals surface area contributed by atoms with Gasteiger partial charge >= 0.3 is 12.1 Å². The number of aliphatic hydroxyl groups is 1. The molecule has 1 aliphatic rings. The van der Waals surface area contributed by atoms with E-state index in [0.717, 1.165) is 0 Å². The van der Waals surface area contributed by atoms with Crippen molar-refractivity contribution in [1.29, 1.82) is 0 Å². The molecular weight excluding hydrogens is 315 g/mol. The molecule has 1 amide bonds. The molecule has 0 aromatic heterocycles. The highest BCUT2D eigenvalue weighted by atomic mass is 19.4. The van der Waals surface area contributed by atoms with Crippen LogP contribution >= 0.6 is 0 Å². The van der Waals surface area contributed by atoms with Gasteiger partial charge in [-0.25, -0.2) is 4.79 Å². The summed E-state index contributed by atoms with van der Waals surface area (Å²) in [5.74, 6) is -3.44. The molecule has 2 N–H and O–H groups in total. The molecule has 1 heterocycles. The Hall–Kier alpha value is -2.51. The van der Waals surface area contributed by atoms with Gasteiger partial charge < -0.3 is 15.2 Å². The van der Waals surface area contributed by atoms with Crippen LogP contribution in [-0.2, 0) is 19.9 Å². The van der Waals surface area contributed by atoms with E-state index in [2.05, 4.69) is 4.74 Å². The van der Waals surface area contributed by atoms with E-state index >= 15 is 0 Å². The number of halogens is 3. The molecule has 0 fully saturated rings. The minimum atomic E-state index is -4.88. The normalized spacial score (nSPS) is 21.8. The second-order valence-electron chi connectivity index (χ2n) is 4.94. The molecule has 23 heavy (non-hydrogen) atoms. The quantitative estimate of drug-likeness (QED) is 0.659. The van der Waals surface area contributed by atoms with Crippen molar-refractivity contribution in [2.24, 2.45) is 0 Å². The summed E-state index contributed by atoms with van der Waals surface area (Å²) >= 11 is 0. The van der Waals surface area contributed by atoms with Crippen LogP contribution in [0.5, 0.6) is 0 Å². The lowest BCUT2D eigenvalue weighted by molar-refractivity contribution is -0.205. The third-order valence-electron chi connectivity index (χ3n) is 3.51. The van der Waals surface area contributed by atoms with E-state index < -0.39 is 41.3 Å². The zero-order valence-corrected chi connectivity index (χ0v) is 12.1. The summed E-state index contributed by atoms with van der Waals surface area (Å²) in [6.45, 7) is 1.40. The molecule has 8 heteroatoms. The van der Waals surface area contributed by atoms with Gasteiger partial charge in [0.2, 0.25) is 0 Å². The minimum Gasteiger partial charge on any atom is -0.511 e. The van der Waals surface area contributed by atoms with Crippen LogP contribution in [0, 0.1) is 0 Å². The number of aliphatic hydroxyl groups excluding tert-OH is 1. The Balaban J connectivity index is 2.54. The van der Waals surface area contributed by atoms with Gasteiger partial charge in [-0.15, -0.1) is 0 Å². The minimum absolute atomic E-state index is 0.0774. The lowest BCUT2D eigenvalue weighted by Crippen LogP contribution is -2.59. The van der Waals surface area contributed by atoms with Gasteiger partial charge in [0.1, 0.15) is 5.76 Å². The second-order valence-corrected chi connectivity index (χ2v) is 4.94. The van der Waals surface area contributed by atoms with Crippen LogP contribution < -0.4 is 5.32 Å². The Kier molecular flexibility index (Phi) is 4.35. The van der Waals surface area contributed by atoms with Crippen LogP contribution in [0.4, 0.5) is 13.2 Å². The maximum absolute atomic E-state index is 13.6. The number of hydrogen-bond acceptors (Lipinski definition) is 4. The summed E-state index contributed by atoms with van der Waals surface area (Å²) in [5, 5.41) is 11.7. The highest BCUT2D eigenvalue weighted by Gasteiger charge is 2.60. The molecule has 0 saturated heterocycles. The van der Waals surface area contributed by atoms with Crippen LogP contribution in [-0.4, -0.2) is 29.8 Å². The highest BCUT2D eigenvalue weighted by Crippen LogP contribution is 2.45. The Bertz CT molecular complexity index is 654. The monoisotopic (exact) mass is 329 g/mol. The van der Waals surface area contributed by atoms with Gasteiger partial charge in [-0.3, -0.25) is 4.79 Å². The van der Waals surface area contributed by atoms with E-state index in [0.29, 0.717) is 0 Å². The molecule has 0 bridgehead atoms.